The predicted octanol–water partition coefficient (Wildman–Crippen LogP) is 4.82. The minimum atomic E-state index is 0.0117. The van der Waals surface area contributed by atoms with Crippen molar-refractivity contribution < 1.29 is 4.42 Å². The minimum Gasteiger partial charge on any atom is -0.419 e. The fraction of sp³-hybridized carbons (Fsp3) is 0.412. The summed E-state index contributed by atoms with van der Waals surface area (Å²) < 4.78 is 6.71. The van der Waals surface area contributed by atoms with Crippen molar-refractivity contribution in [2.24, 2.45) is 5.92 Å². The Kier molecular flexibility index (Phi) is 5.70. The van der Waals surface area contributed by atoms with Crippen LogP contribution in [-0.2, 0) is 0 Å². The lowest BCUT2D eigenvalue weighted by atomic mass is 10.1. The molecule has 0 aliphatic carbocycles. The van der Waals surface area contributed by atoms with Crippen molar-refractivity contribution in [1.29, 1.82) is 0 Å². The fourth-order valence-electron chi connectivity index (χ4n) is 2.03. The van der Waals surface area contributed by atoms with Crippen molar-refractivity contribution in [3.63, 3.8) is 0 Å². The summed E-state index contributed by atoms with van der Waals surface area (Å²) in [6.45, 7) is 9.28. The van der Waals surface area contributed by atoms with Gasteiger partial charge in [0.25, 0.3) is 0 Å². The molecule has 0 saturated carbocycles. The molecular weight excluding hydrogens is 354 g/mol. The quantitative estimate of drug-likeness (QED) is 0.593. The Morgan fingerprint density at radius 2 is 1.84 bits per heavy atom. The number of aryl methyl sites for hydroxylation is 1. The number of nitrogens with zero attached hydrogens (tertiary/aromatic N) is 4. The summed E-state index contributed by atoms with van der Waals surface area (Å²) in [6, 6.07) is 8.04. The first-order valence-corrected chi connectivity index (χ1v) is 9.85. The van der Waals surface area contributed by atoms with Gasteiger partial charge in [0, 0.05) is 12.1 Å². The van der Waals surface area contributed by atoms with Crippen LogP contribution in [0.4, 0.5) is 5.13 Å². The van der Waals surface area contributed by atoms with Crippen LogP contribution in [0.15, 0.2) is 33.0 Å². The molecule has 132 valence electrons. The molecule has 0 aliphatic heterocycles. The van der Waals surface area contributed by atoms with Crippen LogP contribution in [0.25, 0.3) is 11.5 Å². The molecule has 0 radical (unpaired) electrons. The zero-order valence-electron chi connectivity index (χ0n) is 14.7. The van der Waals surface area contributed by atoms with Gasteiger partial charge in [0.15, 0.2) is 4.34 Å². The largest absolute Gasteiger partial charge is 0.419 e. The van der Waals surface area contributed by atoms with E-state index < -0.39 is 0 Å². The smallest absolute Gasteiger partial charge is 0.247 e. The third kappa shape index (κ3) is 4.79. The van der Waals surface area contributed by atoms with E-state index in [1.54, 1.807) is 23.1 Å². The monoisotopic (exact) mass is 375 g/mol. The van der Waals surface area contributed by atoms with E-state index in [0.717, 1.165) is 21.6 Å². The molecular formula is C17H21N5OS2. The summed E-state index contributed by atoms with van der Waals surface area (Å²) in [6.07, 6.45) is 0. The molecule has 0 spiro atoms. The average molecular weight is 376 g/mol. The van der Waals surface area contributed by atoms with Crippen LogP contribution < -0.4 is 5.32 Å². The molecule has 1 atom stereocenters. The highest BCUT2D eigenvalue weighted by Gasteiger charge is 2.18. The summed E-state index contributed by atoms with van der Waals surface area (Å²) in [7, 11) is 0. The first-order chi connectivity index (χ1) is 12.0. The third-order valence-electron chi connectivity index (χ3n) is 3.43. The van der Waals surface area contributed by atoms with Gasteiger partial charge in [0.2, 0.25) is 16.9 Å². The summed E-state index contributed by atoms with van der Waals surface area (Å²) in [5, 5.41) is 20.9. The number of benzene rings is 1. The maximum Gasteiger partial charge on any atom is 0.247 e. The molecule has 8 heteroatoms. The normalized spacial score (nSPS) is 12.5. The molecule has 6 nitrogen and oxygen atoms in total. The van der Waals surface area contributed by atoms with Crippen molar-refractivity contribution in [2.75, 3.05) is 11.9 Å². The van der Waals surface area contributed by atoms with Gasteiger partial charge in [-0.15, -0.1) is 20.4 Å². The van der Waals surface area contributed by atoms with E-state index >= 15 is 0 Å². The highest BCUT2D eigenvalue weighted by Crippen LogP contribution is 2.37. The number of anilines is 1. The van der Waals surface area contributed by atoms with E-state index in [9.17, 15) is 0 Å². The standard InChI is InChI=1S/C17H21N5OS2/c1-10(2)9-18-16-21-22-17(25-16)24-12(4)14-19-20-15(23-14)13-7-5-11(3)6-8-13/h5-8,10,12H,9H2,1-4H3,(H,18,21). The summed E-state index contributed by atoms with van der Waals surface area (Å²) in [4.78, 5) is 0. The number of nitrogens with one attached hydrogen (secondary N) is 1. The van der Waals surface area contributed by atoms with Crippen LogP contribution in [0.2, 0.25) is 0 Å². The van der Waals surface area contributed by atoms with Gasteiger partial charge in [-0.3, -0.25) is 0 Å². The van der Waals surface area contributed by atoms with E-state index in [1.807, 2.05) is 38.1 Å². The van der Waals surface area contributed by atoms with Crippen molar-refractivity contribution in [1.82, 2.24) is 20.4 Å². The second kappa shape index (κ2) is 7.97. The van der Waals surface area contributed by atoms with Crippen molar-refractivity contribution in [2.45, 2.75) is 37.3 Å². The van der Waals surface area contributed by atoms with Crippen LogP contribution in [-0.4, -0.2) is 26.9 Å². The number of rotatable bonds is 7. The summed E-state index contributed by atoms with van der Waals surface area (Å²) in [5.41, 5.74) is 2.13. The Hall–Kier alpha value is -1.93. The lowest BCUT2D eigenvalue weighted by Crippen LogP contribution is -2.07. The van der Waals surface area contributed by atoms with Gasteiger partial charge >= 0.3 is 0 Å². The lowest BCUT2D eigenvalue weighted by molar-refractivity contribution is 0.509. The van der Waals surface area contributed by atoms with Gasteiger partial charge < -0.3 is 9.73 Å². The zero-order valence-corrected chi connectivity index (χ0v) is 16.3. The molecule has 1 unspecified atom stereocenters. The van der Waals surface area contributed by atoms with Gasteiger partial charge in [-0.25, -0.2) is 0 Å². The maximum absolute atomic E-state index is 5.83. The Morgan fingerprint density at radius 1 is 1.08 bits per heavy atom. The Bertz CT molecular complexity index is 813. The second-order valence-electron chi connectivity index (χ2n) is 6.22. The molecule has 0 fully saturated rings. The first kappa shape index (κ1) is 17.9. The van der Waals surface area contributed by atoms with Crippen LogP contribution in [0.3, 0.4) is 0 Å². The van der Waals surface area contributed by atoms with Crippen LogP contribution in [0.1, 0.15) is 37.5 Å². The SMILES string of the molecule is Cc1ccc(-c2nnc(C(C)Sc3nnc(NCC(C)C)s3)o2)cc1. The second-order valence-corrected chi connectivity index (χ2v) is 8.78. The third-order valence-corrected chi connectivity index (χ3v) is 5.49. The van der Waals surface area contributed by atoms with E-state index in [2.05, 4.69) is 39.6 Å². The molecule has 0 aliphatic rings. The van der Waals surface area contributed by atoms with Crippen LogP contribution >= 0.6 is 23.1 Å². The van der Waals surface area contributed by atoms with E-state index in [1.165, 1.54) is 5.56 Å². The Morgan fingerprint density at radius 3 is 2.56 bits per heavy atom. The van der Waals surface area contributed by atoms with Crippen LogP contribution in [0.5, 0.6) is 0 Å². The molecule has 0 amide bonds. The summed E-state index contributed by atoms with van der Waals surface area (Å²) >= 11 is 3.11. The molecule has 0 bridgehead atoms. The summed E-state index contributed by atoms with van der Waals surface area (Å²) in [5.74, 6) is 1.70. The zero-order chi connectivity index (χ0) is 17.8. The maximum atomic E-state index is 5.83. The molecule has 25 heavy (non-hydrogen) atoms. The van der Waals surface area contributed by atoms with Gasteiger partial charge in [-0.1, -0.05) is 54.6 Å². The molecule has 1 N–H and O–H groups in total. The minimum absolute atomic E-state index is 0.0117. The average Bonchev–Trinajstić information content (AvgIpc) is 3.23. The van der Waals surface area contributed by atoms with Gasteiger partial charge in [-0.2, -0.15) is 0 Å². The van der Waals surface area contributed by atoms with Gasteiger partial charge in [-0.05, 0) is 31.9 Å². The molecule has 0 saturated heterocycles. The molecule has 2 heterocycles. The first-order valence-electron chi connectivity index (χ1n) is 8.15. The van der Waals surface area contributed by atoms with Gasteiger partial charge in [0.05, 0.1) is 5.25 Å². The molecule has 3 aromatic rings. The van der Waals surface area contributed by atoms with E-state index in [4.69, 9.17) is 4.42 Å². The van der Waals surface area contributed by atoms with Crippen molar-refractivity contribution >= 4 is 28.2 Å². The number of hydrogen-bond acceptors (Lipinski definition) is 8. The molecule has 2 aromatic heterocycles. The highest BCUT2D eigenvalue weighted by atomic mass is 32.2. The van der Waals surface area contributed by atoms with Gasteiger partial charge in [0.1, 0.15) is 0 Å². The number of aromatic nitrogens is 4. The fourth-order valence-corrected chi connectivity index (χ4v) is 3.97. The Balaban J connectivity index is 1.64. The highest BCUT2D eigenvalue weighted by molar-refractivity contribution is 8.01. The lowest BCUT2D eigenvalue weighted by Gasteiger charge is -2.04. The number of hydrogen-bond donors (Lipinski definition) is 1. The molecule has 1 aromatic carbocycles. The van der Waals surface area contributed by atoms with E-state index in [-0.39, 0.29) is 5.25 Å². The Labute approximate surface area is 155 Å². The van der Waals surface area contributed by atoms with Crippen LogP contribution in [0, 0.1) is 12.8 Å². The van der Waals surface area contributed by atoms with E-state index in [0.29, 0.717) is 17.7 Å². The topological polar surface area (TPSA) is 76.7 Å². The van der Waals surface area contributed by atoms with Crippen molar-refractivity contribution in [3.8, 4) is 11.5 Å². The predicted molar refractivity (Wildman–Crippen MR) is 102 cm³/mol. The molecule has 3 rings (SSSR count). The number of thioether (sulfide) groups is 1. The van der Waals surface area contributed by atoms with Crippen molar-refractivity contribution in [3.05, 3.63) is 35.7 Å².